The van der Waals surface area contributed by atoms with Crippen molar-refractivity contribution in [3.05, 3.63) is 0 Å². The molecule has 0 amide bonds. The molecule has 1 fully saturated rings. The van der Waals surface area contributed by atoms with E-state index in [4.69, 9.17) is 9.47 Å². The molecule has 0 saturated carbocycles. The lowest BCUT2D eigenvalue weighted by molar-refractivity contribution is 0.00670. The zero-order valence-corrected chi connectivity index (χ0v) is 8.92. The van der Waals surface area contributed by atoms with Crippen molar-refractivity contribution in [2.24, 2.45) is 11.8 Å². The van der Waals surface area contributed by atoms with Crippen LogP contribution in [0.1, 0.15) is 32.6 Å². The van der Waals surface area contributed by atoms with Crippen LogP contribution in [0.25, 0.3) is 0 Å². The molecule has 0 aromatic heterocycles. The molecule has 2 unspecified atom stereocenters. The van der Waals surface area contributed by atoms with Crippen molar-refractivity contribution >= 4 is 0 Å². The molecule has 0 radical (unpaired) electrons. The summed E-state index contributed by atoms with van der Waals surface area (Å²) in [5, 5.41) is 0. The van der Waals surface area contributed by atoms with Gasteiger partial charge in [0, 0.05) is 26.9 Å². The molecule has 0 N–H and O–H groups in total. The summed E-state index contributed by atoms with van der Waals surface area (Å²) in [4.78, 5) is 0. The third-order valence-electron chi connectivity index (χ3n) is 2.90. The number of hydrogen-bond acceptors (Lipinski definition) is 2. The van der Waals surface area contributed by atoms with Crippen LogP contribution in [-0.4, -0.2) is 26.9 Å². The van der Waals surface area contributed by atoms with Gasteiger partial charge >= 0.3 is 0 Å². The van der Waals surface area contributed by atoms with E-state index in [1.165, 1.54) is 25.7 Å². The van der Waals surface area contributed by atoms with E-state index < -0.39 is 0 Å². The summed E-state index contributed by atoms with van der Waals surface area (Å²) in [7, 11) is 1.80. The SMILES string of the molecule is CCCC(COC)C1CCCOC1. The van der Waals surface area contributed by atoms with Crippen LogP contribution in [0.5, 0.6) is 0 Å². The molecule has 2 heteroatoms. The molecule has 0 bridgehead atoms. The Bertz CT molecular complexity index is 113. The van der Waals surface area contributed by atoms with E-state index in [0.717, 1.165) is 31.7 Å². The molecular weight excluding hydrogens is 164 g/mol. The highest BCUT2D eigenvalue weighted by Crippen LogP contribution is 2.26. The summed E-state index contributed by atoms with van der Waals surface area (Å²) in [5.41, 5.74) is 0. The van der Waals surface area contributed by atoms with Crippen LogP contribution in [0.3, 0.4) is 0 Å². The summed E-state index contributed by atoms with van der Waals surface area (Å²) >= 11 is 0. The zero-order valence-electron chi connectivity index (χ0n) is 8.92. The van der Waals surface area contributed by atoms with Gasteiger partial charge in [-0.2, -0.15) is 0 Å². The molecule has 78 valence electrons. The van der Waals surface area contributed by atoms with E-state index in [1.54, 1.807) is 7.11 Å². The number of rotatable bonds is 5. The van der Waals surface area contributed by atoms with Gasteiger partial charge in [0.2, 0.25) is 0 Å². The average Bonchev–Trinajstić information content (AvgIpc) is 2.19. The molecular formula is C11H22O2. The van der Waals surface area contributed by atoms with Gasteiger partial charge in [-0.1, -0.05) is 13.3 Å². The molecule has 0 aromatic rings. The zero-order chi connectivity index (χ0) is 9.52. The van der Waals surface area contributed by atoms with Crippen molar-refractivity contribution in [2.75, 3.05) is 26.9 Å². The van der Waals surface area contributed by atoms with Gasteiger partial charge in [0.25, 0.3) is 0 Å². The third-order valence-corrected chi connectivity index (χ3v) is 2.90. The summed E-state index contributed by atoms with van der Waals surface area (Å²) in [6, 6.07) is 0. The maximum absolute atomic E-state index is 5.50. The highest BCUT2D eigenvalue weighted by molar-refractivity contribution is 4.72. The normalized spacial score (nSPS) is 25.8. The molecule has 1 heterocycles. The first-order chi connectivity index (χ1) is 6.38. The lowest BCUT2D eigenvalue weighted by Crippen LogP contribution is -2.27. The van der Waals surface area contributed by atoms with Crippen molar-refractivity contribution in [1.82, 2.24) is 0 Å². The number of hydrogen-bond donors (Lipinski definition) is 0. The van der Waals surface area contributed by atoms with Gasteiger partial charge < -0.3 is 9.47 Å². The fourth-order valence-electron chi connectivity index (χ4n) is 2.18. The van der Waals surface area contributed by atoms with Crippen molar-refractivity contribution in [3.63, 3.8) is 0 Å². The Balaban J connectivity index is 2.32. The van der Waals surface area contributed by atoms with Crippen LogP contribution in [-0.2, 0) is 9.47 Å². The van der Waals surface area contributed by atoms with Crippen molar-refractivity contribution < 1.29 is 9.47 Å². The maximum Gasteiger partial charge on any atom is 0.0497 e. The number of ether oxygens (including phenoxy) is 2. The van der Waals surface area contributed by atoms with Crippen LogP contribution < -0.4 is 0 Å². The molecule has 2 atom stereocenters. The highest BCUT2D eigenvalue weighted by atomic mass is 16.5. The van der Waals surface area contributed by atoms with Crippen LogP contribution in [0.15, 0.2) is 0 Å². The summed E-state index contributed by atoms with van der Waals surface area (Å²) in [5.74, 6) is 1.46. The van der Waals surface area contributed by atoms with Gasteiger partial charge in [0.15, 0.2) is 0 Å². The summed E-state index contributed by atoms with van der Waals surface area (Å²) in [6.07, 6.45) is 5.09. The second kappa shape index (κ2) is 6.39. The predicted octanol–water partition coefficient (Wildman–Crippen LogP) is 2.48. The van der Waals surface area contributed by atoms with Crippen LogP contribution in [0, 0.1) is 11.8 Å². The first-order valence-electron chi connectivity index (χ1n) is 5.45. The quantitative estimate of drug-likeness (QED) is 0.656. The van der Waals surface area contributed by atoms with E-state index in [2.05, 4.69) is 6.92 Å². The maximum atomic E-state index is 5.50. The monoisotopic (exact) mass is 186 g/mol. The Kier molecular flexibility index (Phi) is 5.40. The smallest absolute Gasteiger partial charge is 0.0497 e. The third kappa shape index (κ3) is 3.65. The Morgan fingerprint density at radius 2 is 2.38 bits per heavy atom. The second-order valence-corrected chi connectivity index (χ2v) is 3.98. The van der Waals surface area contributed by atoms with Crippen molar-refractivity contribution in [2.45, 2.75) is 32.6 Å². The Labute approximate surface area is 81.6 Å². The summed E-state index contributed by atoms with van der Waals surface area (Å²) in [6.45, 7) is 5.06. The topological polar surface area (TPSA) is 18.5 Å². The fourth-order valence-corrected chi connectivity index (χ4v) is 2.18. The molecule has 1 saturated heterocycles. The van der Waals surface area contributed by atoms with Gasteiger partial charge in [-0.15, -0.1) is 0 Å². The number of methoxy groups -OCH3 is 1. The van der Waals surface area contributed by atoms with Gasteiger partial charge in [-0.3, -0.25) is 0 Å². The molecule has 1 aliphatic heterocycles. The Hall–Kier alpha value is -0.0800. The lowest BCUT2D eigenvalue weighted by Gasteiger charge is -2.29. The van der Waals surface area contributed by atoms with Gasteiger partial charge in [-0.25, -0.2) is 0 Å². The van der Waals surface area contributed by atoms with Gasteiger partial charge in [0.1, 0.15) is 0 Å². The van der Waals surface area contributed by atoms with Gasteiger partial charge in [0.05, 0.1) is 0 Å². The second-order valence-electron chi connectivity index (χ2n) is 3.98. The van der Waals surface area contributed by atoms with E-state index in [0.29, 0.717) is 0 Å². The fraction of sp³-hybridized carbons (Fsp3) is 1.00. The predicted molar refractivity (Wildman–Crippen MR) is 53.8 cm³/mol. The standard InChI is InChI=1S/C11H22O2/c1-3-5-10(8-12-2)11-6-4-7-13-9-11/h10-11H,3-9H2,1-2H3. The van der Waals surface area contributed by atoms with Crippen molar-refractivity contribution in [3.8, 4) is 0 Å². The average molecular weight is 186 g/mol. The molecule has 0 spiro atoms. The highest BCUT2D eigenvalue weighted by Gasteiger charge is 2.23. The minimum Gasteiger partial charge on any atom is -0.384 e. The molecule has 0 aliphatic carbocycles. The van der Waals surface area contributed by atoms with Crippen molar-refractivity contribution in [1.29, 1.82) is 0 Å². The van der Waals surface area contributed by atoms with Crippen LogP contribution >= 0.6 is 0 Å². The summed E-state index contributed by atoms with van der Waals surface area (Å²) < 4.78 is 10.8. The van der Waals surface area contributed by atoms with Crippen LogP contribution in [0.2, 0.25) is 0 Å². The van der Waals surface area contributed by atoms with Crippen LogP contribution in [0.4, 0.5) is 0 Å². The minimum atomic E-state index is 0.718. The first kappa shape index (κ1) is 11.0. The molecule has 0 aromatic carbocycles. The van der Waals surface area contributed by atoms with E-state index in [1.807, 2.05) is 0 Å². The van der Waals surface area contributed by atoms with E-state index >= 15 is 0 Å². The molecule has 2 nitrogen and oxygen atoms in total. The molecule has 1 aliphatic rings. The van der Waals surface area contributed by atoms with E-state index in [-0.39, 0.29) is 0 Å². The van der Waals surface area contributed by atoms with Gasteiger partial charge in [-0.05, 0) is 31.1 Å². The Morgan fingerprint density at radius 3 is 2.92 bits per heavy atom. The molecule has 1 rings (SSSR count). The Morgan fingerprint density at radius 1 is 1.54 bits per heavy atom. The van der Waals surface area contributed by atoms with E-state index in [9.17, 15) is 0 Å². The lowest BCUT2D eigenvalue weighted by atomic mass is 9.85. The first-order valence-corrected chi connectivity index (χ1v) is 5.45. The minimum absolute atomic E-state index is 0.718. The largest absolute Gasteiger partial charge is 0.384 e. The molecule has 13 heavy (non-hydrogen) atoms.